The molecule has 1 amide bonds. The highest BCUT2D eigenvalue weighted by Crippen LogP contribution is 2.37. The Kier molecular flexibility index (Phi) is 5.50. The molecule has 3 rings (SSSR count). The number of ether oxygens (including phenoxy) is 1. The molecule has 0 spiro atoms. The van der Waals surface area contributed by atoms with Crippen LogP contribution in [0.4, 0.5) is 0 Å². The molecule has 134 valence electrons. The molecule has 2 N–H and O–H groups in total. The first-order chi connectivity index (χ1) is 12.1. The highest BCUT2D eigenvalue weighted by atomic mass is 16.5. The highest BCUT2D eigenvalue weighted by Gasteiger charge is 2.42. The molecule has 0 aliphatic carbocycles. The van der Waals surface area contributed by atoms with Crippen molar-refractivity contribution >= 4 is 11.7 Å². The van der Waals surface area contributed by atoms with E-state index in [4.69, 9.17) is 4.74 Å². The van der Waals surface area contributed by atoms with Gasteiger partial charge in [0.15, 0.2) is 11.5 Å². The van der Waals surface area contributed by atoms with Crippen LogP contribution in [0.2, 0.25) is 0 Å². The zero-order valence-corrected chi connectivity index (χ0v) is 14.5. The predicted octanol–water partition coefficient (Wildman–Crippen LogP) is 0.276. The molecule has 0 saturated carbocycles. The molecule has 25 heavy (non-hydrogen) atoms. The van der Waals surface area contributed by atoms with Crippen molar-refractivity contribution in [3.05, 3.63) is 47.2 Å². The molecule has 1 atom stereocenters. The lowest BCUT2D eigenvalue weighted by Crippen LogP contribution is -3.14. The second-order valence-electron chi connectivity index (χ2n) is 6.60. The summed E-state index contributed by atoms with van der Waals surface area (Å²) in [4.78, 5) is 27.7. The average molecular weight is 345 g/mol. The molecule has 6 nitrogen and oxygen atoms in total. The summed E-state index contributed by atoms with van der Waals surface area (Å²) in [7, 11) is 0. The molecule has 2 heterocycles. The number of nitrogens with zero attached hydrogens (tertiary/aromatic N) is 1. The van der Waals surface area contributed by atoms with Crippen molar-refractivity contribution < 1.29 is 24.3 Å². The Morgan fingerprint density at radius 1 is 1.28 bits per heavy atom. The van der Waals surface area contributed by atoms with Crippen molar-refractivity contribution in [3.63, 3.8) is 0 Å². The maximum absolute atomic E-state index is 12.5. The number of benzene rings is 1. The van der Waals surface area contributed by atoms with Gasteiger partial charge in [0.05, 0.1) is 31.4 Å². The van der Waals surface area contributed by atoms with E-state index >= 15 is 0 Å². The molecule has 0 unspecified atom stereocenters. The van der Waals surface area contributed by atoms with Crippen molar-refractivity contribution in [2.75, 3.05) is 39.4 Å². The van der Waals surface area contributed by atoms with Crippen LogP contribution < -0.4 is 4.90 Å². The number of quaternary nitrogens is 1. The number of aliphatic hydroxyl groups excluding tert-OH is 1. The van der Waals surface area contributed by atoms with Crippen LogP contribution >= 0.6 is 0 Å². The van der Waals surface area contributed by atoms with Crippen molar-refractivity contribution in [2.24, 2.45) is 0 Å². The topological polar surface area (TPSA) is 71.3 Å². The van der Waals surface area contributed by atoms with Crippen molar-refractivity contribution in [2.45, 2.75) is 19.4 Å². The summed E-state index contributed by atoms with van der Waals surface area (Å²) in [5.41, 5.74) is 1.05. The lowest BCUT2D eigenvalue weighted by Gasteiger charge is -2.28. The smallest absolute Gasteiger partial charge is 0.290 e. The molecule has 1 saturated heterocycles. The summed E-state index contributed by atoms with van der Waals surface area (Å²) >= 11 is 0. The normalized spacial score (nSPS) is 21.9. The van der Waals surface area contributed by atoms with Gasteiger partial charge < -0.3 is 19.6 Å². The minimum atomic E-state index is -0.495. The van der Waals surface area contributed by atoms with Gasteiger partial charge in [-0.15, -0.1) is 0 Å². The summed E-state index contributed by atoms with van der Waals surface area (Å²) in [5.74, 6) is -1.11. The van der Waals surface area contributed by atoms with E-state index in [2.05, 4.69) is 0 Å². The van der Waals surface area contributed by atoms with Crippen LogP contribution in [0.1, 0.15) is 24.9 Å². The lowest BCUT2D eigenvalue weighted by atomic mass is 9.97. The van der Waals surface area contributed by atoms with Crippen LogP contribution in [0.5, 0.6) is 0 Å². The molecule has 0 bridgehead atoms. The van der Waals surface area contributed by atoms with E-state index in [1.165, 1.54) is 11.8 Å². The van der Waals surface area contributed by atoms with Gasteiger partial charge in [0.25, 0.3) is 5.91 Å². The summed E-state index contributed by atoms with van der Waals surface area (Å²) in [6.07, 6.45) is 0.822. The number of ketones is 1. The Morgan fingerprint density at radius 3 is 2.60 bits per heavy atom. The fraction of sp³-hybridized carbons (Fsp3) is 0.474. The molecule has 0 radical (unpaired) electrons. The molecule has 2 aliphatic heterocycles. The van der Waals surface area contributed by atoms with Crippen LogP contribution in [-0.4, -0.2) is 61.1 Å². The fourth-order valence-electron chi connectivity index (χ4n) is 3.64. The molecule has 1 aromatic carbocycles. The van der Waals surface area contributed by atoms with Crippen molar-refractivity contribution in [1.82, 2.24) is 4.90 Å². The molecule has 2 aliphatic rings. The number of nitrogens with one attached hydrogen (secondary N) is 1. The van der Waals surface area contributed by atoms with Gasteiger partial charge in [-0.2, -0.15) is 0 Å². The number of aliphatic hydroxyl groups is 1. The lowest BCUT2D eigenvalue weighted by molar-refractivity contribution is -0.908. The molecule has 1 aromatic rings. The van der Waals surface area contributed by atoms with Gasteiger partial charge in [0.2, 0.25) is 0 Å². The molecular formula is C19H25N2O4+. The van der Waals surface area contributed by atoms with E-state index in [-0.39, 0.29) is 11.4 Å². The van der Waals surface area contributed by atoms with Crippen molar-refractivity contribution in [3.8, 4) is 0 Å². The zero-order valence-electron chi connectivity index (χ0n) is 14.5. The number of amides is 1. The van der Waals surface area contributed by atoms with Crippen LogP contribution in [0.3, 0.4) is 0 Å². The van der Waals surface area contributed by atoms with Crippen LogP contribution in [0.25, 0.3) is 0 Å². The standard InChI is InChI=1S/C19H24N2O4/c1-14(22)16-17(15-6-3-2-4-7-15)21(19(24)18(16)23)9-5-8-20-10-12-25-13-11-20/h2-4,6-7,17,23H,5,8-13H2,1H3/p+1/t17-/m1/s1. The zero-order chi connectivity index (χ0) is 17.8. The molecular weight excluding hydrogens is 320 g/mol. The van der Waals surface area contributed by atoms with E-state index in [9.17, 15) is 14.7 Å². The molecule has 1 fully saturated rings. The third-order valence-corrected chi connectivity index (χ3v) is 4.93. The van der Waals surface area contributed by atoms with E-state index in [0.29, 0.717) is 6.54 Å². The van der Waals surface area contributed by atoms with Gasteiger partial charge in [0, 0.05) is 13.0 Å². The maximum atomic E-state index is 12.5. The summed E-state index contributed by atoms with van der Waals surface area (Å²) in [5, 5.41) is 10.2. The summed E-state index contributed by atoms with van der Waals surface area (Å²) in [6.45, 7) is 6.39. The second kappa shape index (κ2) is 7.80. The summed E-state index contributed by atoms with van der Waals surface area (Å²) < 4.78 is 5.36. The first-order valence-corrected chi connectivity index (χ1v) is 8.81. The number of carbonyl (C=O) groups excluding carboxylic acids is 2. The minimum absolute atomic E-state index is 0.204. The average Bonchev–Trinajstić information content (AvgIpc) is 2.88. The van der Waals surface area contributed by atoms with E-state index in [1.807, 2.05) is 30.3 Å². The second-order valence-corrected chi connectivity index (χ2v) is 6.60. The third-order valence-electron chi connectivity index (χ3n) is 4.93. The van der Waals surface area contributed by atoms with Gasteiger partial charge in [-0.05, 0) is 12.5 Å². The summed E-state index contributed by atoms with van der Waals surface area (Å²) in [6, 6.07) is 8.93. The Hall–Kier alpha value is -2.18. The minimum Gasteiger partial charge on any atom is -0.503 e. The Bertz CT molecular complexity index is 665. The Morgan fingerprint density at radius 2 is 1.96 bits per heavy atom. The number of carbonyl (C=O) groups is 2. The quantitative estimate of drug-likeness (QED) is 0.777. The van der Waals surface area contributed by atoms with E-state index in [1.54, 1.807) is 4.90 Å². The van der Waals surface area contributed by atoms with Crippen LogP contribution in [0, 0.1) is 0 Å². The molecule has 6 heteroatoms. The number of rotatable bonds is 6. The first kappa shape index (κ1) is 17.6. The maximum Gasteiger partial charge on any atom is 0.290 e. The van der Waals surface area contributed by atoms with E-state index in [0.717, 1.165) is 44.8 Å². The SMILES string of the molecule is CC(=O)C1=C(O)C(=O)N(CCC[NH+]2CCOCC2)[C@@H]1c1ccccc1. The van der Waals surface area contributed by atoms with Crippen molar-refractivity contribution in [1.29, 1.82) is 0 Å². The van der Waals surface area contributed by atoms with Gasteiger partial charge in [-0.25, -0.2) is 0 Å². The van der Waals surface area contributed by atoms with Gasteiger partial charge in [-0.1, -0.05) is 30.3 Å². The fourth-order valence-corrected chi connectivity index (χ4v) is 3.64. The largest absolute Gasteiger partial charge is 0.503 e. The van der Waals surface area contributed by atoms with Crippen LogP contribution in [-0.2, 0) is 14.3 Å². The number of Topliss-reactive ketones (excluding diaryl/α,β-unsaturated/α-hetero) is 1. The number of hydrogen-bond acceptors (Lipinski definition) is 4. The Balaban J connectivity index is 1.74. The molecule has 0 aromatic heterocycles. The third kappa shape index (κ3) is 3.75. The first-order valence-electron chi connectivity index (χ1n) is 8.81. The van der Waals surface area contributed by atoms with E-state index < -0.39 is 17.7 Å². The monoisotopic (exact) mass is 345 g/mol. The van der Waals surface area contributed by atoms with Gasteiger partial charge in [-0.3, -0.25) is 9.59 Å². The number of morpholine rings is 1. The predicted molar refractivity (Wildman–Crippen MR) is 92.2 cm³/mol. The number of hydrogen-bond donors (Lipinski definition) is 2. The van der Waals surface area contributed by atoms with Gasteiger partial charge in [0.1, 0.15) is 13.1 Å². The van der Waals surface area contributed by atoms with Crippen LogP contribution in [0.15, 0.2) is 41.7 Å². The highest BCUT2D eigenvalue weighted by molar-refractivity contribution is 6.08. The van der Waals surface area contributed by atoms with Gasteiger partial charge >= 0.3 is 0 Å². The Labute approximate surface area is 147 Å².